The number of anilines is 1. The molecule has 0 aliphatic carbocycles. The van der Waals surface area contributed by atoms with Gasteiger partial charge in [-0.25, -0.2) is 0 Å². The van der Waals surface area contributed by atoms with Crippen molar-refractivity contribution in [3.63, 3.8) is 0 Å². The van der Waals surface area contributed by atoms with Gasteiger partial charge in [-0.15, -0.1) is 0 Å². The molecule has 1 aliphatic heterocycles. The van der Waals surface area contributed by atoms with Gasteiger partial charge in [-0.1, -0.05) is 53.6 Å². The Labute approximate surface area is 192 Å². The SMILES string of the molecule is Cc1ccc(N2C(=O)C(=O)/C(=C(/O)c3cc(C)ccc3C)C2c2c[nH]c3ccccc23)cc1. The number of benzene rings is 3. The Morgan fingerprint density at radius 3 is 2.36 bits per heavy atom. The van der Waals surface area contributed by atoms with Crippen molar-refractivity contribution in [2.75, 3.05) is 4.90 Å². The number of amides is 1. The summed E-state index contributed by atoms with van der Waals surface area (Å²) in [6.45, 7) is 5.78. The molecule has 3 aromatic carbocycles. The van der Waals surface area contributed by atoms with Crippen molar-refractivity contribution in [1.82, 2.24) is 4.98 Å². The van der Waals surface area contributed by atoms with Crippen molar-refractivity contribution in [3.8, 4) is 0 Å². The minimum Gasteiger partial charge on any atom is -0.507 e. The fourth-order valence-electron chi connectivity index (χ4n) is 4.55. The van der Waals surface area contributed by atoms with Crippen LogP contribution in [0.5, 0.6) is 0 Å². The molecule has 0 bridgehead atoms. The van der Waals surface area contributed by atoms with E-state index < -0.39 is 17.7 Å². The molecule has 0 saturated carbocycles. The van der Waals surface area contributed by atoms with Crippen LogP contribution in [0.1, 0.15) is 33.9 Å². The van der Waals surface area contributed by atoms with Crippen molar-refractivity contribution in [1.29, 1.82) is 0 Å². The topological polar surface area (TPSA) is 73.4 Å². The largest absolute Gasteiger partial charge is 0.507 e. The van der Waals surface area contributed by atoms with Crippen LogP contribution < -0.4 is 4.90 Å². The summed E-state index contributed by atoms with van der Waals surface area (Å²) in [5.41, 5.74) is 5.76. The number of nitrogens with zero attached hydrogens (tertiary/aromatic N) is 1. The fourth-order valence-corrected chi connectivity index (χ4v) is 4.55. The van der Waals surface area contributed by atoms with Crippen molar-refractivity contribution < 1.29 is 14.7 Å². The van der Waals surface area contributed by atoms with E-state index in [0.29, 0.717) is 11.3 Å². The average molecular weight is 437 g/mol. The highest BCUT2D eigenvalue weighted by molar-refractivity contribution is 6.52. The van der Waals surface area contributed by atoms with Gasteiger partial charge in [0, 0.05) is 33.9 Å². The number of Topliss-reactive ketones (excluding diaryl/α,β-unsaturated/α-hetero) is 1. The predicted octanol–water partition coefficient (Wildman–Crippen LogP) is 5.72. The Morgan fingerprint density at radius 2 is 1.61 bits per heavy atom. The molecule has 0 spiro atoms. The summed E-state index contributed by atoms with van der Waals surface area (Å²) in [6.07, 6.45) is 1.82. The smallest absolute Gasteiger partial charge is 0.300 e. The number of rotatable bonds is 3. The summed E-state index contributed by atoms with van der Waals surface area (Å²) < 4.78 is 0. The second-order valence-electron chi connectivity index (χ2n) is 8.61. The van der Waals surface area contributed by atoms with Gasteiger partial charge in [-0.2, -0.15) is 0 Å². The lowest BCUT2D eigenvalue weighted by atomic mass is 9.93. The molecule has 2 N–H and O–H groups in total. The maximum absolute atomic E-state index is 13.4. The molecular weight excluding hydrogens is 412 g/mol. The quantitative estimate of drug-likeness (QED) is 0.245. The number of aliphatic hydroxyl groups excluding tert-OH is 1. The van der Waals surface area contributed by atoms with Crippen LogP contribution in [0.3, 0.4) is 0 Å². The Kier molecular flexibility index (Phi) is 4.90. The number of aryl methyl sites for hydroxylation is 3. The van der Waals surface area contributed by atoms with Crippen molar-refractivity contribution in [2.45, 2.75) is 26.8 Å². The minimum absolute atomic E-state index is 0.0963. The molecule has 5 rings (SSSR count). The van der Waals surface area contributed by atoms with Gasteiger partial charge in [0.25, 0.3) is 11.7 Å². The third-order valence-corrected chi connectivity index (χ3v) is 6.32. The Hall–Kier alpha value is -4.12. The van der Waals surface area contributed by atoms with Crippen LogP contribution in [0.2, 0.25) is 0 Å². The molecule has 1 aromatic heterocycles. The van der Waals surface area contributed by atoms with Crippen LogP contribution in [0, 0.1) is 20.8 Å². The van der Waals surface area contributed by atoms with Gasteiger partial charge >= 0.3 is 0 Å². The van der Waals surface area contributed by atoms with Crippen molar-refractivity contribution in [3.05, 3.63) is 106 Å². The van der Waals surface area contributed by atoms with Gasteiger partial charge in [0.1, 0.15) is 5.76 Å². The highest BCUT2D eigenvalue weighted by atomic mass is 16.3. The standard InChI is InChI=1S/C28H24N2O3/c1-16-9-12-19(13-10-16)30-25(22-15-29-23-7-5-4-6-20(22)23)24(27(32)28(30)33)26(31)21-14-17(2)8-11-18(21)3/h4-15,25,29,31H,1-3H3/b26-24+. The van der Waals surface area contributed by atoms with Gasteiger partial charge in [0.15, 0.2) is 0 Å². The van der Waals surface area contributed by atoms with E-state index in [0.717, 1.165) is 33.2 Å². The number of nitrogens with one attached hydrogen (secondary N) is 1. The van der Waals surface area contributed by atoms with Crippen LogP contribution in [-0.2, 0) is 9.59 Å². The van der Waals surface area contributed by atoms with Gasteiger partial charge in [-0.3, -0.25) is 14.5 Å². The Morgan fingerprint density at radius 1 is 0.909 bits per heavy atom. The molecular formula is C28H24N2O3. The van der Waals surface area contributed by atoms with E-state index in [4.69, 9.17) is 0 Å². The van der Waals surface area contributed by atoms with Crippen molar-refractivity contribution >= 4 is 34.0 Å². The van der Waals surface area contributed by atoms with E-state index in [9.17, 15) is 14.7 Å². The summed E-state index contributed by atoms with van der Waals surface area (Å²) in [7, 11) is 0. The predicted molar refractivity (Wildman–Crippen MR) is 130 cm³/mol. The molecule has 1 fully saturated rings. The second kappa shape index (κ2) is 7.78. The maximum Gasteiger partial charge on any atom is 0.300 e. The number of carbonyl (C=O) groups is 2. The zero-order chi connectivity index (χ0) is 23.3. The summed E-state index contributed by atoms with van der Waals surface area (Å²) in [5, 5.41) is 12.3. The van der Waals surface area contributed by atoms with E-state index in [-0.39, 0.29) is 11.3 Å². The van der Waals surface area contributed by atoms with E-state index in [1.54, 1.807) is 0 Å². The first-order valence-corrected chi connectivity index (χ1v) is 10.9. The van der Waals surface area contributed by atoms with Crippen LogP contribution in [0.25, 0.3) is 16.7 Å². The lowest BCUT2D eigenvalue weighted by molar-refractivity contribution is -0.132. The summed E-state index contributed by atoms with van der Waals surface area (Å²) in [4.78, 5) is 31.5. The lowest BCUT2D eigenvalue weighted by Crippen LogP contribution is -2.29. The average Bonchev–Trinajstić information content (AvgIpc) is 3.34. The zero-order valence-electron chi connectivity index (χ0n) is 18.7. The first-order valence-electron chi connectivity index (χ1n) is 10.9. The van der Waals surface area contributed by atoms with Crippen LogP contribution in [0.4, 0.5) is 5.69 Å². The summed E-state index contributed by atoms with van der Waals surface area (Å²) in [5.74, 6) is -1.50. The normalized spacial score (nSPS) is 17.8. The number of carbonyl (C=O) groups excluding carboxylic acids is 2. The van der Waals surface area contributed by atoms with Crippen molar-refractivity contribution in [2.24, 2.45) is 0 Å². The molecule has 5 heteroatoms. The molecule has 164 valence electrons. The number of hydrogen-bond acceptors (Lipinski definition) is 3. The zero-order valence-corrected chi connectivity index (χ0v) is 18.7. The van der Waals surface area contributed by atoms with E-state index in [2.05, 4.69) is 4.98 Å². The second-order valence-corrected chi connectivity index (χ2v) is 8.61. The Bertz CT molecular complexity index is 1440. The van der Waals surface area contributed by atoms with Gasteiger partial charge in [-0.05, 0) is 50.6 Å². The Balaban J connectivity index is 1.80. The molecule has 1 aliphatic rings. The first-order chi connectivity index (χ1) is 15.9. The molecule has 2 heterocycles. The molecule has 1 amide bonds. The summed E-state index contributed by atoms with van der Waals surface area (Å²) >= 11 is 0. The van der Waals surface area contributed by atoms with E-state index >= 15 is 0 Å². The molecule has 4 aromatic rings. The van der Waals surface area contributed by atoms with Crippen LogP contribution in [0.15, 0.2) is 78.5 Å². The third kappa shape index (κ3) is 3.33. The first kappa shape index (κ1) is 20.8. The maximum atomic E-state index is 13.4. The number of aromatic nitrogens is 1. The number of H-pyrrole nitrogens is 1. The molecule has 5 nitrogen and oxygen atoms in total. The van der Waals surface area contributed by atoms with E-state index in [1.807, 2.05) is 93.7 Å². The minimum atomic E-state index is -0.760. The molecule has 33 heavy (non-hydrogen) atoms. The molecule has 1 saturated heterocycles. The molecule has 1 atom stereocenters. The number of hydrogen-bond donors (Lipinski definition) is 2. The number of aromatic amines is 1. The highest BCUT2D eigenvalue weighted by Crippen LogP contribution is 2.44. The number of para-hydroxylation sites is 1. The van der Waals surface area contributed by atoms with E-state index in [1.165, 1.54) is 4.90 Å². The van der Waals surface area contributed by atoms with Crippen LogP contribution >= 0.6 is 0 Å². The fraction of sp³-hybridized carbons (Fsp3) is 0.143. The van der Waals surface area contributed by atoms with Gasteiger partial charge in [0.2, 0.25) is 0 Å². The lowest BCUT2D eigenvalue weighted by Gasteiger charge is -2.25. The highest BCUT2D eigenvalue weighted by Gasteiger charge is 2.47. The molecule has 1 unspecified atom stereocenters. The molecule has 0 radical (unpaired) electrons. The number of ketones is 1. The van der Waals surface area contributed by atoms with Gasteiger partial charge in [0.05, 0.1) is 11.6 Å². The number of aliphatic hydroxyl groups is 1. The summed E-state index contributed by atoms with van der Waals surface area (Å²) in [6, 6.07) is 20.2. The third-order valence-electron chi connectivity index (χ3n) is 6.32. The number of fused-ring (bicyclic) bond motifs is 1. The monoisotopic (exact) mass is 436 g/mol. The van der Waals surface area contributed by atoms with Gasteiger partial charge < -0.3 is 10.1 Å². The van der Waals surface area contributed by atoms with Crippen LogP contribution in [-0.4, -0.2) is 21.8 Å².